The van der Waals surface area contributed by atoms with Crippen LogP contribution in [-0.4, -0.2) is 23.4 Å². The zero-order valence-electron chi connectivity index (χ0n) is 9.24. The lowest BCUT2D eigenvalue weighted by Gasteiger charge is -2.13. The van der Waals surface area contributed by atoms with Crippen LogP contribution in [0.5, 0.6) is 0 Å². The first-order valence-electron chi connectivity index (χ1n) is 5.53. The number of hydrogen-bond donors (Lipinski definition) is 1. The van der Waals surface area contributed by atoms with Gasteiger partial charge in [0.25, 0.3) is 0 Å². The summed E-state index contributed by atoms with van der Waals surface area (Å²) in [5.41, 5.74) is 0.854. The third kappa shape index (κ3) is 2.68. The highest BCUT2D eigenvalue weighted by Crippen LogP contribution is 2.18. The average molecular weight is 283 g/mol. The number of carbonyl (C=O) groups is 1. The van der Waals surface area contributed by atoms with Gasteiger partial charge in [-0.1, -0.05) is 0 Å². The number of ketones is 1. The summed E-state index contributed by atoms with van der Waals surface area (Å²) in [6.45, 7) is 3.02. The largest absolute Gasteiger partial charge is 0.314 e. The maximum absolute atomic E-state index is 12.0. The van der Waals surface area contributed by atoms with Gasteiger partial charge < -0.3 is 5.32 Å². The summed E-state index contributed by atoms with van der Waals surface area (Å²) in [7, 11) is 0. The molecule has 2 unspecified atom stereocenters. The summed E-state index contributed by atoms with van der Waals surface area (Å²) < 4.78 is 0.944. The number of halogens is 1. The molecule has 0 radical (unpaired) electrons. The van der Waals surface area contributed by atoms with Crippen LogP contribution in [0, 0.1) is 5.92 Å². The second-order valence-corrected chi connectivity index (χ2v) is 5.16. The van der Waals surface area contributed by atoms with Crippen molar-refractivity contribution in [1.82, 2.24) is 10.3 Å². The Morgan fingerprint density at radius 3 is 3.00 bits per heavy atom. The van der Waals surface area contributed by atoms with Crippen LogP contribution >= 0.6 is 15.9 Å². The SMILES string of the molecule is CC1NCCC1C(=O)Cc1ccc(Br)cn1. The molecular formula is C12H15BrN2O. The summed E-state index contributed by atoms with van der Waals surface area (Å²) in [5.74, 6) is 0.456. The van der Waals surface area contributed by atoms with E-state index >= 15 is 0 Å². The third-order valence-electron chi connectivity index (χ3n) is 3.08. The number of rotatable bonds is 3. The standard InChI is InChI=1S/C12H15BrN2O/c1-8-11(4-5-14-8)12(16)6-10-3-2-9(13)7-15-10/h2-3,7-8,11,14H,4-6H2,1H3. The molecule has 0 saturated carbocycles. The Balaban J connectivity index is 1.99. The van der Waals surface area contributed by atoms with E-state index in [1.54, 1.807) is 6.20 Å². The molecule has 4 heteroatoms. The molecule has 1 aromatic rings. The fourth-order valence-corrected chi connectivity index (χ4v) is 2.35. The number of Topliss-reactive ketones (excluding diaryl/α,β-unsaturated/α-hetero) is 1. The number of aromatic nitrogens is 1. The molecule has 16 heavy (non-hydrogen) atoms. The van der Waals surface area contributed by atoms with Crippen LogP contribution in [0.25, 0.3) is 0 Å². The number of pyridine rings is 1. The number of nitrogens with one attached hydrogen (secondary N) is 1. The van der Waals surface area contributed by atoms with Crippen LogP contribution in [0.15, 0.2) is 22.8 Å². The monoisotopic (exact) mass is 282 g/mol. The van der Waals surface area contributed by atoms with E-state index < -0.39 is 0 Å². The Morgan fingerprint density at radius 2 is 2.44 bits per heavy atom. The average Bonchev–Trinajstić information content (AvgIpc) is 2.68. The van der Waals surface area contributed by atoms with E-state index in [0.29, 0.717) is 18.2 Å². The Hall–Kier alpha value is -0.740. The molecule has 1 saturated heterocycles. The lowest BCUT2D eigenvalue weighted by molar-refractivity contribution is -0.122. The predicted octanol–water partition coefficient (Wildman–Crippen LogP) is 1.95. The first-order valence-corrected chi connectivity index (χ1v) is 6.32. The molecule has 2 rings (SSSR count). The molecule has 0 amide bonds. The second-order valence-electron chi connectivity index (χ2n) is 4.25. The summed E-state index contributed by atoms with van der Waals surface area (Å²) in [6.07, 6.45) is 3.14. The highest BCUT2D eigenvalue weighted by atomic mass is 79.9. The first kappa shape index (κ1) is 11.7. The second kappa shape index (κ2) is 5.06. The van der Waals surface area contributed by atoms with Gasteiger partial charge in [-0.2, -0.15) is 0 Å². The van der Waals surface area contributed by atoms with E-state index in [1.165, 1.54) is 0 Å². The fraction of sp³-hybridized carbons (Fsp3) is 0.500. The van der Waals surface area contributed by atoms with Crippen LogP contribution in [0.1, 0.15) is 19.0 Å². The van der Waals surface area contributed by atoms with Crippen LogP contribution in [-0.2, 0) is 11.2 Å². The molecule has 1 aromatic heterocycles. The highest BCUT2D eigenvalue weighted by Gasteiger charge is 2.29. The Morgan fingerprint density at radius 1 is 1.62 bits per heavy atom. The maximum atomic E-state index is 12.0. The number of hydrogen-bond acceptors (Lipinski definition) is 3. The lowest BCUT2D eigenvalue weighted by Crippen LogP contribution is -2.29. The summed E-state index contributed by atoms with van der Waals surface area (Å²) in [4.78, 5) is 16.2. The summed E-state index contributed by atoms with van der Waals surface area (Å²) in [6, 6.07) is 4.13. The van der Waals surface area contributed by atoms with E-state index in [4.69, 9.17) is 0 Å². The van der Waals surface area contributed by atoms with E-state index in [9.17, 15) is 4.79 Å². The van der Waals surface area contributed by atoms with Crippen molar-refractivity contribution in [2.75, 3.05) is 6.54 Å². The fourth-order valence-electron chi connectivity index (χ4n) is 2.12. The first-order chi connectivity index (χ1) is 7.66. The van der Waals surface area contributed by atoms with Crippen LogP contribution in [0.4, 0.5) is 0 Å². The van der Waals surface area contributed by atoms with Crippen molar-refractivity contribution in [2.24, 2.45) is 5.92 Å². The number of nitrogens with zero attached hydrogens (tertiary/aromatic N) is 1. The molecule has 2 heterocycles. The summed E-state index contributed by atoms with van der Waals surface area (Å²) >= 11 is 3.33. The minimum absolute atomic E-state index is 0.158. The Labute approximate surface area is 104 Å². The van der Waals surface area contributed by atoms with Gasteiger partial charge >= 0.3 is 0 Å². The van der Waals surface area contributed by atoms with Gasteiger partial charge in [-0.3, -0.25) is 9.78 Å². The van der Waals surface area contributed by atoms with Gasteiger partial charge in [0.15, 0.2) is 0 Å². The molecular weight excluding hydrogens is 268 g/mol. The van der Waals surface area contributed by atoms with Gasteiger partial charge in [-0.05, 0) is 48.0 Å². The maximum Gasteiger partial charge on any atom is 0.143 e. The van der Waals surface area contributed by atoms with Crippen molar-refractivity contribution < 1.29 is 4.79 Å². The Bertz CT molecular complexity index is 377. The molecule has 1 N–H and O–H groups in total. The van der Waals surface area contributed by atoms with Gasteiger partial charge in [0.2, 0.25) is 0 Å². The molecule has 86 valence electrons. The van der Waals surface area contributed by atoms with E-state index in [-0.39, 0.29) is 5.92 Å². The van der Waals surface area contributed by atoms with Gasteiger partial charge in [-0.15, -0.1) is 0 Å². The van der Waals surface area contributed by atoms with E-state index in [1.807, 2.05) is 12.1 Å². The van der Waals surface area contributed by atoms with E-state index in [2.05, 4.69) is 33.2 Å². The smallest absolute Gasteiger partial charge is 0.143 e. The number of carbonyl (C=O) groups excluding carboxylic acids is 1. The van der Waals surface area contributed by atoms with Crippen molar-refractivity contribution >= 4 is 21.7 Å². The van der Waals surface area contributed by atoms with Gasteiger partial charge in [-0.25, -0.2) is 0 Å². The third-order valence-corrected chi connectivity index (χ3v) is 3.55. The lowest BCUT2D eigenvalue weighted by atomic mass is 9.94. The van der Waals surface area contributed by atoms with E-state index in [0.717, 1.165) is 23.1 Å². The van der Waals surface area contributed by atoms with Crippen molar-refractivity contribution in [2.45, 2.75) is 25.8 Å². The molecule has 2 atom stereocenters. The van der Waals surface area contributed by atoms with Gasteiger partial charge in [0.05, 0.1) is 0 Å². The van der Waals surface area contributed by atoms with Crippen molar-refractivity contribution in [3.8, 4) is 0 Å². The molecule has 1 aliphatic heterocycles. The highest BCUT2D eigenvalue weighted by molar-refractivity contribution is 9.10. The topological polar surface area (TPSA) is 42.0 Å². The predicted molar refractivity (Wildman–Crippen MR) is 66.2 cm³/mol. The zero-order valence-corrected chi connectivity index (χ0v) is 10.8. The Kier molecular flexibility index (Phi) is 3.71. The van der Waals surface area contributed by atoms with Crippen molar-refractivity contribution in [3.05, 3.63) is 28.5 Å². The quantitative estimate of drug-likeness (QED) is 0.922. The van der Waals surface area contributed by atoms with Gasteiger partial charge in [0, 0.05) is 34.7 Å². The normalized spacial score (nSPS) is 24.6. The molecule has 0 aliphatic carbocycles. The minimum Gasteiger partial charge on any atom is -0.314 e. The zero-order chi connectivity index (χ0) is 11.5. The molecule has 0 spiro atoms. The summed E-state index contributed by atoms with van der Waals surface area (Å²) in [5, 5.41) is 3.30. The molecule has 0 aromatic carbocycles. The molecule has 1 aliphatic rings. The van der Waals surface area contributed by atoms with Crippen LogP contribution in [0.3, 0.4) is 0 Å². The minimum atomic E-state index is 0.158. The van der Waals surface area contributed by atoms with Crippen LogP contribution in [0.2, 0.25) is 0 Å². The van der Waals surface area contributed by atoms with Crippen molar-refractivity contribution in [1.29, 1.82) is 0 Å². The molecule has 0 bridgehead atoms. The van der Waals surface area contributed by atoms with Gasteiger partial charge in [0.1, 0.15) is 5.78 Å². The van der Waals surface area contributed by atoms with Crippen molar-refractivity contribution in [3.63, 3.8) is 0 Å². The molecule has 1 fully saturated rings. The molecule has 3 nitrogen and oxygen atoms in total. The van der Waals surface area contributed by atoms with Crippen LogP contribution < -0.4 is 5.32 Å².